The topological polar surface area (TPSA) is 71.1 Å². The first-order chi connectivity index (χ1) is 11.8. The number of alkyl halides is 1. The minimum Gasteiger partial charge on any atom is -0.496 e. The summed E-state index contributed by atoms with van der Waals surface area (Å²) < 4.78 is 22.0. The molecule has 1 aromatic rings. The fourth-order valence-electron chi connectivity index (χ4n) is 3.47. The molecule has 0 saturated heterocycles. The van der Waals surface area contributed by atoms with Crippen LogP contribution in [0, 0.1) is 6.92 Å². The molecule has 0 unspecified atom stereocenters. The van der Waals surface area contributed by atoms with E-state index in [9.17, 15) is 9.59 Å². The van der Waals surface area contributed by atoms with E-state index in [0.29, 0.717) is 24.2 Å². The van der Waals surface area contributed by atoms with Gasteiger partial charge in [0.25, 0.3) is 0 Å². The van der Waals surface area contributed by atoms with Gasteiger partial charge in [-0.1, -0.05) is 22.6 Å². The van der Waals surface area contributed by atoms with Gasteiger partial charge in [-0.2, -0.15) is 0 Å². The van der Waals surface area contributed by atoms with Crippen LogP contribution in [-0.4, -0.2) is 35.7 Å². The zero-order valence-corrected chi connectivity index (χ0v) is 16.9. The fraction of sp³-hybridized carbons (Fsp3) is 0.556. The number of methoxy groups -OCH3 is 2. The zero-order valence-electron chi connectivity index (χ0n) is 14.7. The normalized spacial score (nSPS) is 24.0. The first-order valence-corrected chi connectivity index (χ1v) is 9.36. The van der Waals surface area contributed by atoms with Crippen molar-refractivity contribution in [2.75, 3.05) is 14.2 Å². The van der Waals surface area contributed by atoms with Crippen LogP contribution in [0.4, 0.5) is 0 Å². The molecule has 7 heteroatoms. The number of fused-ring (bicyclic) bond motifs is 3. The number of ether oxygens (including phenoxy) is 4. The molecule has 0 bridgehead atoms. The molecule has 2 aliphatic heterocycles. The Balaban J connectivity index is 2.06. The lowest BCUT2D eigenvalue weighted by molar-refractivity contribution is -0.141. The Morgan fingerprint density at radius 3 is 2.72 bits per heavy atom. The zero-order chi connectivity index (χ0) is 18.4. The maximum absolute atomic E-state index is 12.3. The van der Waals surface area contributed by atoms with Crippen molar-refractivity contribution >= 4 is 34.5 Å². The van der Waals surface area contributed by atoms with E-state index in [4.69, 9.17) is 18.9 Å². The quantitative estimate of drug-likeness (QED) is 0.391. The molecule has 2 atom stereocenters. The molecule has 2 aliphatic rings. The summed E-state index contributed by atoms with van der Waals surface area (Å²) in [6, 6.07) is 0. The first kappa shape index (κ1) is 18.3. The molecule has 0 spiro atoms. The molecular formula is C18H21IO6. The molecule has 0 saturated carbocycles. The third-order valence-corrected chi connectivity index (χ3v) is 6.82. The van der Waals surface area contributed by atoms with Crippen LogP contribution in [0.3, 0.4) is 0 Å². The Labute approximate surface area is 160 Å². The fourth-order valence-corrected chi connectivity index (χ4v) is 4.35. The van der Waals surface area contributed by atoms with Gasteiger partial charge in [-0.15, -0.1) is 0 Å². The van der Waals surface area contributed by atoms with Crippen LogP contribution in [0.15, 0.2) is 0 Å². The number of carbonyl (C=O) groups excluding carboxylic acids is 2. The molecule has 136 valence electrons. The van der Waals surface area contributed by atoms with Gasteiger partial charge >= 0.3 is 11.9 Å². The van der Waals surface area contributed by atoms with Crippen LogP contribution in [-0.2, 0) is 27.3 Å². The lowest BCUT2D eigenvalue weighted by atomic mass is 9.85. The molecule has 0 amide bonds. The average molecular weight is 460 g/mol. The van der Waals surface area contributed by atoms with Crippen LogP contribution >= 0.6 is 22.6 Å². The number of rotatable bonds is 4. The third kappa shape index (κ3) is 2.96. The summed E-state index contributed by atoms with van der Waals surface area (Å²) in [6.07, 6.45) is 1.46. The molecule has 0 radical (unpaired) electrons. The van der Waals surface area contributed by atoms with E-state index in [1.807, 2.05) is 13.8 Å². The summed E-state index contributed by atoms with van der Waals surface area (Å²) in [5.74, 6) is 0.661. The molecule has 0 N–H and O–H groups in total. The second kappa shape index (κ2) is 6.66. The molecule has 6 nitrogen and oxygen atoms in total. The maximum Gasteiger partial charge on any atom is 0.342 e. The summed E-state index contributed by atoms with van der Waals surface area (Å²) >= 11 is 2.34. The average Bonchev–Trinajstić information content (AvgIpc) is 2.98. The van der Waals surface area contributed by atoms with Crippen molar-refractivity contribution in [2.45, 2.75) is 49.2 Å². The van der Waals surface area contributed by atoms with Crippen molar-refractivity contribution < 1.29 is 28.5 Å². The van der Waals surface area contributed by atoms with Crippen LogP contribution in [0.1, 0.15) is 46.8 Å². The van der Waals surface area contributed by atoms with Gasteiger partial charge in [-0.3, -0.25) is 4.79 Å². The third-order valence-electron chi connectivity index (χ3n) is 5.06. The van der Waals surface area contributed by atoms with E-state index in [2.05, 4.69) is 22.6 Å². The monoisotopic (exact) mass is 460 g/mol. The van der Waals surface area contributed by atoms with E-state index in [0.717, 1.165) is 22.4 Å². The molecule has 0 aliphatic carbocycles. The van der Waals surface area contributed by atoms with Crippen molar-refractivity contribution in [1.82, 2.24) is 0 Å². The van der Waals surface area contributed by atoms with Gasteiger partial charge in [0.1, 0.15) is 29.3 Å². The minimum atomic E-state index is -0.585. The molecule has 2 heterocycles. The maximum atomic E-state index is 12.3. The largest absolute Gasteiger partial charge is 0.496 e. The first-order valence-electron chi connectivity index (χ1n) is 8.11. The van der Waals surface area contributed by atoms with Crippen LogP contribution < -0.4 is 9.47 Å². The Bertz CT molecular complexity index is 744. The molecule has 0 fully saturated rings. The summed E-state index contributed by atoms with van der Waals surface area (Å²) in [6.45, 7) is 4.14. The van der Waals surface area contributed by atoms with Gasteiger partial charge in [0.2, 0.25) is 0 Å². The molecular weight excluding hydrogens is 439 g/mol. The van der Waals surface area contributed by atoms with Crippen LogP contribution in [0.5, 0.6) is 11.5 Å². The van der Waals surface area contributed by atoms with E-state index < -0.39 is 5.60 Å². The summed E-state index contributed by atoms with van der Waals surface area (Å²) in [5, 5.41) is 0. The minimum absolute atomic E-state index is 0.117. The Kier molecular flexibility index (Phi) is 4.87. The SMILES string of the molecule is COC(=O)CC[C@@]1(C)Oc2c(c(OC)c(C)c3c2C(=O)OC3)C[C@@H]1I. The lowest BCUT2D eigenvalue weighted by Gasteiger charge is -2.41. The van der Waals surface area contributed by atoms with Gasteiger partial charge in [0.05, 0.1) is 18.1 Å². The highest BCUT2D eigenvalue weighted by atomic mass is 127. The van der Waals surface area contributed by atoms with Gasteiger partial charge in [-0.25, -0.2) is 4.79 Å². The number of hydrogen-bond donors (Lipinski definition) is 0. The predicted molar refractivity (Wildman–Crippen MR) is 98.6 cm³/mol. The van der Waals surface area contributed by atoms with Gasteiger partial charge in [0.15, 0.2) is 0 Å². The highest BCUT2D eigenvalue weighted by Gasteiger charge is 2.45. The van der Waals surface area contributed by atoms with Gasteiger partial charge in [-0.05, 0) is 32.3 Å². The lowest BCUT2D eigenvalue weighted by Crippen LogP contribution is -2.46. The van der Waals surface area contributed by atoms with Crippen molar-refractivity contribution in [3.63, 3.8) is 0 Å². The summed E-state index contributed by atoms with van der Waals surface area (Å²) in [4.78, 5) is 23.8. The summed E-state index contributed by atoms with van der Waals surface area (Å²) in [5.41, 5.74) is 2.56. The number of benzene rings is 1. The van der Waals surface area contributed by atoms with Gasteiger partial charge < -0.3 is 18.9 Å². The van der Waals surface area contributed by atoms with Crippen LogP contribution in [0.2, 0.25) is 0 Å². The number of hydrogen-bond acceptors (Lipinski definition) is 6. The van der Waals surface area contributed by atoms with E-state index in [1.165, 1.54) is 7.11 Å². The van der Waals surface area contributed by atoms with E-state index >= 15 is 0 Å². The second-order valence-electron chi connectivity index (χ2n) is 6.56. The Morgan fingerprint density at radius 1 is 1.36 bits per heavy atom. The Hall–Kier alpha value is -1.51. The van der Waals surface area contributed by atoms with Gasteiger partial charge in [0, 0.05) is 17.5 Å². The Morgan fingerprint density at radius 2 is 2.08 bits per heavy atom. The number of halogens is 1. The number of esters is 2. The highest BCUT2D eigenvalue weighted by Crippen LogP contribution is 2.49. The molecule has 1 aromatic carbocycles. The van der Waals surface area contributed by atoms with Crippen molar-refractivity contribution in [3.8, 4) is 11.5 Å². The standard InChI is InChI=1S/C18H21IO6/c1-9-11-8-24-17(21)14(11)16-10(15(9)23-4)7-12(19)18(2,25-16)6-5-13(20)22-3/h12H,5-8H2,1-4H3/t12-,18+/m0/s1. The highest BCUT2D eigenvalue weighted by molar-refractivity contribution is 14.1. The number of cyclic esters (lactones) is 1. The van der Waals surface area contributed by atoms with Crippen LogP contribution in [0.25, 0.3) is 0 Å². The predicted octanol–water partition coefficient (Wildman–Crippen LogP) is 3.12. The van der Waals surface area contributed by atoms with E-state index in [-0.39, 0.29) is 28.9 Å². The number of carbonyl (C=O) groups is 2. The molecule has 3 rings (SSSR count). The van der Waals surface area contributed by atoms with Crippen molar-refractivity contribution in [2.24, 2.45) is 0 Å². The van der Waals surface area contributed by atoms with Crippen molar-refractivity contribution in [1.29, 1.82) is 0 Å². The van der Waals surface area contributed by atoms with E-state index in [1.54, 1.807) is 7.11 Å². The molecule has 25 heavy (non-hydrogen) atoms. The second-order valence-corrected chi connectivity index (χ2v) is 8.06. The van der Waals surface area contributed by atoms with Crippen molar-refractivity contribution in [3.05, 3.63) is 22.3 Å². The smallest absolute Gasteiger partial charge is 0.342 e. The molecule has 0 aromatic heterocycles. The summed E-state index contributed by atoms with van der Waals surface area (Å²) in [7, 11) is 3.00.